The molecule has 150 valence electrons. The number of hydrogen-bond donors (Lipinski definition) is 1. The number of aromatic nitrogens is 2. The molecule has 1 aromatic carbocycles. The number of amides is 1. The molecule has 1 saturated heterocycles. The van der Waals surface area contributed by atoms with Gasteiger partial charge in [0.2, 0.25) is 5.91 Å². The number of nitrogens with one attached hydrogen (secondary N) is 1. The minimum absolute atomic E-state index is 0.106. The Balaban J connectivity index is 1.62. The van der Waals surface area contributed by atoms with Crippen LogP contribution in [0.4, 0.5) is 19.0 Å². The van der Waals surface area contributed by atoms with Crippen LogP contribution in [0.2, 0.25) is 5.02 Å². The van der Waals surface area contributed by atoms with Crippen LogP contribution in [-0.4, -0.2) is 51.9 Å². The highest BCUT2D eigenvalue weighted by Crippen LogP contribution is 2.29. The van der Waals surface area contributed by atoms with Crippen molar-refractivity contribution >= 4 is 23.3 Å². The zero-order valence-corrected chi connectivity index (χ0v) is 15.8. The third kappa shape index (κ3) is 4.71. The lowest BCUT2D eigenvalue weighted by Gasteiger charge is -2.46. The summed E-state index contributed by atoms with van der Waals surface area (Å²) < 4.78 is 40.9. The summed E-state index contributed by atoms with van der Waals surface area (Å²) in [6, 6.07) is 7.45. The van der Waals surface area contributed by atoms with Gasteiger partial charge >= 0.3 is 6.36 Å². The number of ether oxygens (including phenoxy) is 1. The predicted octanol–water partition coefficient (Wildman–Crippen LogP) is 3.73. The SMILES string of the molecule is C[C@@H](Nc1cc(-c2ccc(Cl)cc2)ncn1)C(=O)N1C[C@H](OC(F)(F)F)[C@@H]1C. The molecule has 0 unspecified atom stereocenters. The average Bonchev–Trinajstić information content (AvgIpc) is 2.64. The average molecular weight is 415 g/mol. The van der Waals surface area contributed by atoms with Gasteiger partial charge in [-0.2, -0.15) is 0 Å². The summed E-state index contributed by atoms with van der Waals surface area (Å²) in [5.41, 5.74) is 1.47. The second-order valence-electron chi connectivity index (χ2n) is 6.49. The van der Waals surface area contributed by atoms with E-state index in [1.165, 1.54) is 18.2 Å². The first-order chi connectivity index (χ1) is 13.1. The fourth-order valence-electron chi connectivity index (χ4n) is 2.92. The molecule has 0 radical (unpaired) electrons. The van der Waals surface area contributed by atoms with Gasteiger partial charge in [-0.1, -0.05) is 23.7 Å². The van der Waals surface area contributed by atoms with E-state index in [1.807, 2.05) is 12.1 Å². The molecule has 2 heterocycles. The fraction of sp³-hybridized carbons (Fsp3) is 0.389. The Labute approximate surface area is 164 Å². The van der Waals surface area contributed by atoms with Crippen LogP contribution in [0.25, 0.3) is 11.3 Å². The molecule has 1 aliphatic rings. The Morgan fingerprint density at radius 3 is 2.61 bits per heavy atom. The van der Waals surface area contributed by atoms with Crippen molar-refractivity contribution < 1.29 is 22.7 Å². The van der Waals surface area contributed by atoms with Crippen molar-refractivity contribution in [2.24, 2.45) is 0 Å². The molecule has 10 heteroatoms. The number of hydrogen-bond acceptors (Lipinski definition) is 5. The molecule has 28 heavy (non-hydrogen) atoms. The van der Waals surface area contributed by atoms with E-state index in [0.29, 0.717) is 16.5 Å². The van der Waals surface area contributed by atoms with Crippen LogP contribution < -0.4 is 5.32 Å². The zero-order chi connectivity index (χ0) is 20.5. The molecule has 0 saturated carbocycles. The lowest BCUT2D eigenvalue weighted by atomic mass is 10.00. The van der Waals surface area contributed by atoms with Gasteiger partial charge < -0.3 is 10.2 Å². The van der Waals surface area contributed by atoms with E-state index in [2.05, 4.69) is 20.0 Å². The van der Waals surface area contributed by atoms with Gasteiger partial charge in [0.15, 0.2) is 0 Å². The number of nitrogens with zero attached hydrogens (tertiary/aromatic N) is 3. The van der Waals surface area contributed by atoms with E-state index in [9.17, 15) is 18.0 Å². The second-order valence-corrected chi connectivity index (χ2v) is 6.93. The van der Waals surface area contributed by atoms with Crippen molar-refractivity contribution in [3.8, 4) is 11.3 Å². The maximum absolute atomic E-state index is 12.5. The molecule has 1 amide bonds. The Morgan fingerprint density at radius 2 is 2.00 bits per heavy atom. The first kappa shape index (κ1) is 20.3. The number of benzene rings is 1. The smallest absolute Gasteiger partial charge is 0.359 e. The van der Waals surface area contributed by atoms with Gasteiger partial charge in [0.25, 0.3) is 0 Å². The minimum Gasteiger partial charge on any atom is -0.359 e. The molecular weight excluding hydrogens is 397 g/mol. The van der Waals surface area contributed by atoms with Gasteiger partial charge in [-0.25, -0.2) is 9.97 Å². The maximum Gasteiger partial charge on any atom is 0.522 e. The Morgan fingerprint density at radius 1 is 1.32 bits per heavy atom. The zero-order valence-electron chi connectivity index (χ0n) is 15.1. The van der Waals surface area contributed by atoms with Gasteiger partial charge in [-0.3, -0.25) is 9.53 Å². The first-order valence-corrected chi connectivity index (χ1v) is 8.91. The molecule has 3 rings (SSSR count). The van der Waals surface area contributed by atoms with Crippen LogP contribution in [0.1, 0.15) is 13.8 Å². The number of carbonyl (C=O) groups is 1. The third-order valence-electron chi connectivity index (χ3n) is 4.52. The van der Waals surface area contributed by atoms with Crippen LogP contribution >= 0.6 is 11.6 Å². The summed E-state index contributed by atoms with van der Waals surface area (Å²) in [5.74, 6) is 0.0956. The topological polar surface area (TPSA) is 67.4 Å². The Kier molecular flexibility index (Phi) is 5.76. The quantitative estimate of drug-likeness (QED) is 0.807. The second kappa shape index (κ2) is 7.92. The van der Waals surface area contributed by atoms with Crippen molar-refractivity contribution in [1.29, 1.82) is 0 Å². The molecule has 0 bridgehead atoms. The third-order valence-corrected chi connectivity index (χ3v) is 4.77. The van der Waals surface area contributed by atoms with E-state index >= 15 is 0 Å². The number of anilines is 1. The first-order valence-electron chi connectivity index (χ1n) is 8.53. The van der Waals surface area contributed by atoms with Crippen molar-refractivity contribution in [1.82, 2.24) is 14.9 Å². The minimum atomic E-state index is -4.71. The van der Waals surface area contributed by atoms with E-state index in [-0.39, 0.29) is 12.5 Å². The maximum atomic E-state index is 12.5. The molecule has 1 aliphatic heterocycles. The summed E-state index contributed by atoms with van der Waals surface area (Å²) in [5, 5.41) is 3.57. The fourth-order valence-corrected chi connectivity index (χ4v) is 3.05. The number of alkyl halides is 3. The predicted molar refractivity (Wildman–Crippen MR) is 97.7 cm³/mol. The number of carbonyl (C=O) groups excluding carboxylic acids is 1. The monoisotopic (exact) mass is 414 g/mol. The Bertz CT molecular complexity index is 847. The standard InChI is InChI=1S/C18H18ClF3N4O2/c1-10(17(27)26-8-15(11(26)2)28-18(20,21)22)25-16-7-14(23-9-24-16)12-3-5-13(19)6-4-12/h3-7,9-11,15H,8H2,1-2H3,(H,23,24,25)/t10-,11+,15+/m1/s1. The largest absolute Gasteiger partial charge is 0.522 e. The van der Waals surface area contributed by atoms with Gasteiger partial charge in [0.05, 0.1) is 11.7 Å². The molecule has 0 aliphatic carbocycles. The summed E-state index contributed by atoms with van der Waals surface area (Å²) in [6.45, 7) is 3.04. The van der Waals surface area contributed by atoms with Crippen molar-refractivity contribution in [2.75, 3.05) is 11.9 Å². The van der Waals surface area contributed by atoms with Gasteiger partial charge in [0, 0.05) is 23.2 Å². The molecule has 1 N–H and O–H groups in total. The lowest BCUT2D eigenvalue weighted by Crippen LogP contribution is -2.64. The number of halogens is 4. The highest BCUT2D eigenvalue weighted by atomic mass is 35.5. The van der Waals surface area contributed by atoms with Crippen LogP contribution in [0.3, 0.4) is 0 Å². The highest BCUT2D eigenvalue weighted by Gasteiger charge is 2.46. The van der Waals surface area contributed by atoms with Gasteiger partial charge in [0.1, 0.15) is 24.3 Å². The summed E-state index contributed by atoms with van der Waals surface area (Å²) >= 11 is 5.88. The van der Waals surface area contributed by atoms with Gasteiger partial charge in [-0.05, 0) is 26.0 Å². The Hall–Kier alpha value is -2.39. The van der Waals surface area contributed by atoms with E-state index in [0.717, 1.165) is 5.56 Å². The molecule has 1 fully saturated rings. The number of likely N-dealkylation sites (tertiary alicyclic amines) is 1. The van der Waals surface area contributed by atoms with Crippen LogP contribution in [0.5, 0.6) is 0 Å². The van der Waals surface area contributed by atoms with Crippen molar-refractivity contribution in [3.05, 3.63) is 41.7 Å². The van der Waals surface area contributed by atoms with Crippen LogP contribution in [0, 0.1) is 0 Å². The highest BCUT2D eigenvalue weighted by molar-refractivity contribution is 6.30. The number of rotatable bonds is 5. The molecule has 1 aromatic heterocycles. The summed E-state index contributed by atoms with van der Waals surface area (Å²) in [4.78, 5) is 22.2. The summed E-state index contributed by atoms with van der Waals surface area (Å²) in [6.07, 6.45) is -4.40. The van der Waals surface area contributed by atoms with Crippen LogP contribution in [0.15, 0.2) is 36.7 Å². The van der Waals surface area contributed by atoms with E-state index in [4.69, 9.17) is 11.6 Å². The van der Waals surface area contributed by atoms with Gasteiger partial charge in [-0.15, -0.1) is 13.2 Å². The molecule has 3 atom stereocenters. The normalized spacial score (nSPS) is 20.4. The van der Waals surface area contributed by atoms with Crippen molar-refractivity contribution in [3.63, 3.8) is 0 Å². The van der Waals surface area contributed by atoms with Crippen molar-refractivity contribution in [2.45, 2.75) is 38.4 Å². The van der Waals surface area contributed by atoms with Crippen LogP contribution in [-0.2, 0) is 9.53 Å². The molecular formula is C18H18ClF3N4O2. The molecule has 6 nitrogen and oxygen atoms in total. The van der Waals surface area contributed by atoms with E-state index in [1.54, 1.807) is 25.1 Å². The lowest BCUT2D eigenvalue weighted by molar-refractivity contribution is -0.359. The molecule has 2 aromatic rings. The van der Waals surface area contributed by atoms with E-state index < -0.39 is 24.6 Å². The molecule has 0 spiro atoms. The summed E-state index contributed by atoms with van der Waals surface area (Å²) in [7, 11) is 0.